The van der Waals surface area contributed by atoms with Crippen LogP contribution in [0.5, 0.6) is 0 Å². The Hall–Kier alpha value is -1.38. The first-order valence-corrected chi connectivity index (χ1v) is 4.00. The number of hydrogen-bond acceptors (Lipinski definition) is 3. The van der Waals surface area contributed by atoms with Crippen LogP contribution in [0, 0.1) is 0 Å². The molecule has 12 heavy (non-hydrogen) atoms. The number of nitrogens with zero attached hydrogens (tertiary/aromatic N) is 2. The molecule has 1 aromatic heterocycles. The number of hydrogen-bond donors (Lipinski definition) is 1. The second-order valence-corrected chi connectivity index (χ2v) is 2.51. The molecule has 3 heteroatoms. The molecule has 0 bridgehead atoms. The third kappa shape index (κ3) is 2.05. The molecule has 0 fully saturated rings. The quantitative estimate of drug-likeness (QED) is 0.422. The minimum absolute atomic E-state index is 0.651. The average molecular weight is 164 g/mol. The largest absolute Gasteiger partial charge is 0.411 e. The van der Waals surface area contributed by atoms with E-state index in [0.717, 1.165) is 18.5 Å². The molecule has 0 saturated carbocycles. The number of pyridine rings is 1. The summed E-state index contributed by atoms with van der Waals surface area (Å²) in [5.41, 5.74) is 1.40. The zero-order chi connectivity index (χ0) is 8.81. The Morgan fingerprint density at radius 2 is 2.42 bits per heavy atom. The molecule has 0 amide bonds. The lowest BCUT2D eigenvalue weighted by Crippen LogP contribution is -2.02. The summed E-state index contributed by atoms with van der Waals surface area (Å²) in [6, 6.07) is 5.55. The lowest BCUT2D eigenvalue weighted by atomic mass is 10.1. The van der Waals surface area contributed by atoms with Crippen molar-refractivity contribution in [3.63, 3.8) is 0 Å². The van der Waals surface area contributed by atoms with Crippen molar-refractivity contribution in [1.82, 2.24) is 4.98 Å². The molecule has 0 aliphatic rings. The summed E-state index contributed by atoms with van der Waals surface area (Å²) in [5.74, 6) is 0. The minimum Gasteiger partial charge on any atom is -0.411 e. The highest BCUT2D eigenvalue weighted by Gasteiger charge is 2.02. The van der Waals surface area contributed by atoms with Gasteiger partial charge < -0.3 is 5.21 Å². The van der Waals surface area contributed by atoms with Gasteiger partial charge in [0.1, 0.15) is 5.71 Å². The first kappa shape index (κ1) is 8.71. The molecule has 0 aromatic carbocycles. The van der Waals surface area contributed by atoms with E-state index < -0.39 is 0 Å². The first-order valence-electron chi connectivity index (χ1n) is 4.00. The van der Waals surface area contributed by atoms with E-state index in [9.17, 15) is 0 Å². The van der Waals surface area contributed by atoms with E-state index in [1.165, 1.54) is 0 Å². The molecule has 0 atom stereocenters. The normalized spacial score (nSPS) is 11.6. The molecule has 0 unspecified atom stereocenters. The minimum atomic E-state index is 0.651. The topological polar surface area (TPSA) is 45.5 Å². The van der Waals surface area contributed by atoms with Gasteiger partial charge in [0.25, 0.3) is 0 Å². The highest BCUT2D eigenvalue weighted by molar-refractivity contribution is 5.98. The van der Waals surface area contributed by atoms with Gasteiger partial charge in [0.05, 0.1) is 5.69 Å². The van der Waals surface area contributed by atoms with E-state index in [4.69, 9.17) is 5.21 Å². The molecule has 3 nitrogen and oxygen atoms in total. The van der Waals surface area contributed by atoms with Crippen molar-refractivity contribution in [2.45, 2.75) is 19.8 Å². The average Bonchev–Trinajstić information content (AvgIpc) is 2.15. The van der Waals surface area contributed by atoms with Crippen molar-refractivity contribution in [2.24, 2.45) is 5.16 Å². The third-order valence-corrected chi connectivity index (χ3v) is 1.57. The summed E-state index contributed by atoms with van der Waals surface area (Å²) >= 11 is 0. The van der Waals surface area contributed by atoms with Crippen LogP contribution < -0.4 is 0 Å². The monoisotopic (exact) mass is 164 g/mol. The lowest BCUT2D eigenvalue weighted by molar-refractivity contribution is 0.317. The maximum Gasteiger partial charge on any atom is 0.105 e. The van der Waals surface area contributed by atoms with Gasteiger partial charge in [-0.1, -0.05) is 24.6 Å². The highest BCUT2D eigenvalue weighted by atomic mass is 16.4. The van der Waals surface area contributed by atoms with Crippen LogP contribution in [0.2, 0.25) is 0 Å². The molecular weight excluding hydrogens is 152 g/mol. The zero-order valence-corrected chi connectivity index (χ0v) is 7.07. The Bertz CT molecular complexity index is 256. The van der Waals surface area contributed by atoms with Gasteiger partial charge in [0, 0.05) is 6.20 Å². The Morgan fingerprint density at radius 1 is 1.58 bits per heavy atom. The summed E-state index contributed by atoms with van der Waals surface area (Å²) in [7, 11) is 0. The summed E-state index contributed by atoms with van der Waals surface area (Å²) in [6.07, 6.45) is 3.40. The molecule has 0 aliphatic carbocycles. The van der Waals surface area contributed by atoms with Crippen LogP contribution in [-0.2, 0) is 0 Å². The fourth-order valence-electron chi connectivity index (χ4n) is 1.000. The summed E-state index contributed by atoms with van der Waals surface area (Å²) in [5, 5.41) is 11.9. The van der Waals surface area contributed by atoms with E-state index in [2.05, 4.69) is 10.1 Å². The number of rotatable bonds is 3. The lowest BCUT2D eigenvalue weighted by Gasteiger charge is -1.99. The van der Waals surface area contributed by atoms with Gasteiger partial charge in [-0.05, 0) is 18.6 Å². The second-order valence-electron chi connectivity index (χ2n) is 2.51. The smallest absolute Gasteiger partial charge is 0.105 e. The standard InChI is InChI=1S/C9H12N2O/c1-2-5-9(11-12)8-6-3-4-7-10-8/h3-4,6-7,12H,2,5H2,1H3/b11-9+. The van der Waals surface area contributed by atoms with Crippen LogP contribution in [-0.4, -0.2) is 15.9 Å². The van der Waals surface area contributed by atoms with Crippen LogP contribution >= 0.6 is 0 Å². The van der Waals surface area contributed by atoms with Crippen molar-refractivity contribution >= 4 is 5.71 Å². The van der Waals surface area contributed by atoms with E-state index >= 15 is 0 Å². The summed E-state index contributed by atoms with van der Waals surface area (Å²) in [4.78, 5) is 4.08. The van der Waals surface area contributed by atoms with Crippen LogP contribution in [0.1, 0.15) is 25.5 Å². The van der Waals surface area contributed by atoms with Crippen molar-refractivity contribution in [3.8, 4) is 0 Å². The maximum absolute atomic E-state index is 8.66. The van der Waals surface area contributed by atoms with E-state index in [0.29, 0.717) is 5.71 Å². The molecule has 0 aliphatic heterocycles. The van der Waals surface area contributed by atoms with E-state index in [1.807, 2.05) is 25.1 Å². The molecular formula is C9H12N2O. The predicted molar refractivity (Wildman–Crippen MR) is 47.5 cm³/mol. The van der Waals surface area contributed by atoms with Crippen molar-refractivity contribution in [1.29, 1.82) is 0 Å². The first-order chi connectivity index (χ1) is 5.88. The summed E-state index contributed by atoms with van der Waals surface area (Å²) < 4.78 is 0. The van der Waals surface area contributed by atoms with Gasteiger partial charge in [-0.25, -0.2) is 0 Å². The molecule has 1 N–H and O–H groups in total. The van der Waals surface area contributed by atoms with Crippen molar-refractivity contribution < 1.29 is 5.21 Å². The third-order valence-electron chi connectivity index (χ3n) is 1.57. The number of oxime groups is 1. The summed E-state index contributed by atoms with van der Waals surface area (Å²) in [6.45, 7) is 2.04. The maximum atomic E-state index is 8.66. The molecule has 1 heterocycles. The fourth-order valence-corrected chi connectivity index (χ4v) is 1.000. The van der Waals surface area contributed by atoms with Gasteiger partial charge >= 0.3 is 0 Å². The Morgan fingerprint density at radius 3 is 2.92 bits per heavy atom. The van der Waals surface area contributed by atoms with Gasteiger partial charge in [0.15, 0.2) is 0 Å². The Balaban J connectivity index is 2.82. The van der Waals surface area contributed by atoms with Crippen LogP contribution in [0.25, 0.3) is 0 Å². The molecule has 1 rings (SSSR count). The van der Waals surface area contributed by atoms with Gasteiger partial charge in [-0.3, -0.25) is 4.98 Å². The van der Waals surface area contributed by atoms with E-state index in [1.54, 1.807) is 6.20 Å². The van der Waals surface area contributed by atoms with Gasteiger partial charge in [-0.15, -0.1) is 0 Å². The molecule has 1 aromatic rings. The van der Waals surface area contributed by atoms with Crippen LogP contribution in [0.3, 0.4) is 0 Å². The number of aromatic nitrogens is 1. The van der Waals surface area contributed by atoms with Crippen LogP contribution in [0.4, 0.5) is 0 Å². The predicted octanol–water partition coefficient (Wildman–Crippen LogP) is 2.06. The highest BCUT2D eigenvalue weighted by Crippen LogP contribution is 2.02. The Kier molecular flexibility index (Phi) is 3.26. The zero-order valence-electron chi connectivity index (χ0n) is 7.07. The molecule has 0 saturated heterocycles. The second kappa shape index (κ2) is 4.49. The van der Waals surface area contributed by atoms with Gasteiger partial charge in [-0.2, -0.15) is 0 Å². The van der Waals surface area contributed by atoms with Gasteiger partial charge in [0.2, 0.25) is 0 Å². The van der Waals surface area contributed by atoms with Crippen molar-refractivity contribution in [2.75, 3.05) is 0 Å². The van der Waals surface area contributed by atoms with E-state index in [-0.39, 0.29) is 0 Å². The molecule has 64 valence electrons. The molecule has 0 spiro atoms. The fraction of sp³-hybridized carbons (Fsp3) is 0.333. The SMILES string of the molecule is CCC/C(=N\O)c1ccccn1. The Labute approximate surface area is 71.8 Å². The van der Waals surface area contributed by atoms with Crippen molar-refractivity contribution in [3.05, 3.63) is 30.1 Å². The molecule has 0 radical (unpaired) electrons. The van der Waals surface area contributed by atoms with Crippen LogP contribution in [0.15, 0.2) is 29.6 Å².